The summed E-state index contributed by atoms with van der Waals surface area (Å²) in [6.07, 6.45) is 1.70. The number of hydrogen-bond donors (Lipinski definition) is 1. The summed E-state index contributed by atoms with van der Waals surface area (Å²) in [5.41, 5.74) is 9.43. The van der Waals surface area contributed by atoms with E-state index in [0.29, 0.717) is 23.5 Å². The van der Waals surface area contributed by atoms with Gasteiger partial charge < -0.3 is 10.5 Å². The summed E-state index contributed by atoms with van der Waals surface area (Å²) in [5.74, 6) is -0.415. The van der Waals surface area contributed by atoms with Crippen molar-refractivity contribution in [3.05, 3.63) is 54.4 Å². The van der Waals surface area contributed by atoms with Gasteiger partial charge in [0.15, 0.2) is 0 Å². The zero-order valence-electron chi connectivity index (χ0n) is 11.6. The van der Waals surface area contributed by atoms with Gasteiger partial charge in [0.1, 0.15) is 6.33 Å². The van der Waals surface area contributed by atoms with Crippen LogP contribution < -0.4 is 5.73 Å². The van der Waals surface area contributed by atoms with Gasteiger partial charge in [0.25, 0.3) is 0 Å². The zero-order valence-corrected chi connectivity index (χ0v) is 11.6. The van der Waals surface area contributed by atoms with Gasteiger partial charge in [-0.05, 0) is 31.2 Å². The normalized spacial score (nSPS) is 10.7. The van der Waals surface area contributed by atoms with Crippen LogP contribution in [0.5, 0.6) is 0 Å². The predicted octanol–water partition coefficient (Wildman–Crippen LogP) is 2.78. The van der Waals surface area contributed by atoms with E-state index in [4.69, 9.17) is 10.5 Å². The molecule has 0 radical (unpaired) electrons. The minimum Gasteiger partial charge on any atom is -0.462 e. The number of nitrogens with two attached hydrogens (primary N) is 1. The molecule has 1 heterocycles. The van der Waals surface area contributed by atoms with E-state index < -0.39 is 5.97 Å². The Morgan fingerprint density at radius 1 is 1.24 bits per heavy atom. The maximum absolute atomic E-state index is 11.9. The van der Waals surface area contributed by atoms with Crippen molar-refractivity contribution >= 4 is 22.7 Å². The van der Waals surface area contributed by atoms with E-state index in [-0.39, 0.29) is 0 Å². The van der Waals surface area contributed by atoms with Crippen LogP contribution in [0.2, 0.25) is 0 Å². The lowest BCUT2D eigenvalue weighted by Crippen LogP contribution is -2.10. The van der Waals surface area contributed by atoms with Crippen LogP contribution in [0.3, 0.4) is 0 Å². The van der Waals surface area contributed by atoms with Crippen LogP contribution in [-0.4, -0.2) is 22.1 Å². The summed E-state index contributed by atoms with van der Waals surface area (Å²) in [7, 11) is 0. The molecule has 2 aromatic carbocycles. The number of benzene rings is 2. The monoisotopic (exact) mass is 281 g/mol. The molecular formula is C16H15N3O2. The topological polar surface area (TPSA) is 70.1 Å². The second-order valence-electron chi connectivity index (χ2n) is 4.56. The third-order valence-electron chi connectivity index (χ3n) is 3.29. The molecule has 0 bridgehead atoms. The fraction of sp³-hybridized carbons (Fsp3) is 0.125. The second-order valence-corrected chi connectivity index (χ2v) is 4.56. The predicted molar refractivity (Wildman–Crippen MR) is 81.4 cm³/mol. The van der Waals surface area contributed by atoms with Crippen molar-refractivity contribution < 1.29 is 9.53 Å². The molecule has 3 aromatic rings. The van der Waals surface area contributed by atoms with Crippen LogP contribution >= 0.6 is 0 Å². The lowest BCUT2D eigenvalue weighted by molar-refractivity contribution is 0.0527. The molecule has 0 saturated carbocycles. The second kappa shape index (κ2) is 5.28. The molecule has 0 aliphatic carbocycles. The minimum absolute atomic E-state index is 0.316. The van der Waals surface area contributed by atoms with E-state index in [1.165, 1.54) is 0 Å². The molecular weight excluding hydrogens is 266 g/mol. The molecule has 0 aliphatic rings. The molecule has 2 N–H and O–H groups in total. The number of nitrogens with zero attached hydrogens (tertiary/aromatic N) is 2. The maximum atomic E-state index is 11.9. The highest BCUT2D eigenvalue weighted by atomic mass is 16.5. The van der Waals surface area contributed by atoms with Crippen molar-refractivity contribution in [2.24, 2.45) is 0 Å². The van der Waals surface area contributed by atoms with E-state index in [1.807, 2.05) is 34.9 Å². The number of anilines is 1. The molecule has 0 fully saturated rings. The first-order chi connectivity index (χ1) is 10.2. The molecule has 5 nitrogen and oxygen atoms in total. The number of carbonyl (C=O) groups is 1. The quantitative estimate of drug-likeness (QED) is 0.592. The highest BCUT2D eigenvalue weighted by Crippen LogP contribution is 2.25. The lowest BCUT2D eigenvalue weighted by Gasteiger charge is -2.11. The van der Waals surface area contributed by atoms with Gasteiger partial charge in [-0.15, -0.1) is 0 Å². The van der Waals surface area contributed by atoms with Crippen LogP contribution in [0, 0.1) is 0 Å². The Morgan fingerprint density at radius 2 is 2.05 bits per heavy atom. The molecule has 1 aromatic heterocycles. The van der Waals surface area contributed by atoms with Crippen molar-refractivity contribution in [1.82, 2.24) is 9.55 Å². The zero-order chi connectivity index (χ0) is 14.8. The molecule has 0 aliphatic heterocycles. The first-order valence-corrected chi connectivity index (χ1v) is 6.70. The van der Waals surface area contributed by atoms with E-state index in [9.17, 15) is 4.79 Å². The molecule has 0 amide bonds. The summed E-state index contributed by atoms with van der Waals surface area (Å²) < 4.78 is 6.89. The smallest absolute Gasteiger partial charge is 0.340 e. The van der Waals surface area contributed by atoms with E-state index in [0.717, 1.165) is 11.0 Å². The molecule has 0 atom stereocenters. The number of ether oxygens (including phenoxy) is 1. The van der Waals surface area contributed by atoms with Gasteiger partial charge in [0, 0.05) is 0 Å². The Balaban J connectivity index is 2.15. The van der Waals surface area contributed by atoms with Crippen molar-refractivity contribution in [3.8, 4) is 5.69 Å². The highest BCUT2D eigenvalue weighted by Gasteiger charge is 2.15. The van der Waals surface area contributed by atoms with Gasteiger partial charge in [0.05, 0.1) is 34.6 Å². The average molecular weight is 281 g/mol. The number of imidazole rings is 1. The average Bonchev–Trinajstić information content (AvgIpc) is 2.91. The number of hydrogen-bond acceptors (Lipinski definition) is 4. The molecule has 0 unspecified atom stereocenters. The molecule has 0 saturated heterocycles. The summed E-state index contributed by atoms with van der Waals surface area (Å²) in [4.78, 5) is 16.3. The third-order valence-corrected chi connectivity index (χ3v) is 3.29. The fourth-order valence-corrected chi connectivity index (χ4v) is 2.30. The SMILES string of the molecule is CCOC(=O)c1cccc(-n2cnc3ccccc32)c1N. The Labute approximate surface area is 122 Å². The number of nitrogen functional groups attached to an aromatic ring is 1. The summed E-state index contributed by atoms with van der Waals surface area (Å²) in [5, 5.41) is 0. The first kappa shape index (κ1) is 13.2. The summed E-state index contributed by atoms with van der Waals surface area (Å²) in [6, 6.07) is 13.1. The van der Waals surface area contributed by atoms with Crippen LogP contribution in [0.4, 0.5) is 5.69 Å². The Hall–Kier alpha value is -2.82. The minimum atomic E-state index is -0.415. The largest absolute Gasteiger partial charge is 0.462 e. The van der Waals surface area contributed by atoms with Crippen LogP contribution in [0.15, 0.2) is 48.8 Å². The maximum Gasteiger partial charge on any atom is 0.340 e. The van der Waals surface area contributed by atoms with Crippen molar-refractivity contribution in [1.29, 1.82) is 0 Å². The lowest BCUT2D eigenvalue weighted by atomic mass is 10.1. The van der Waals surface area contributed by atoms with E-state index in [2.05, 4.69) is 4.98 Å². The van der Waals surface area contributed by atoms with Crippen LogP contribution in [-0.2, 0) is 4.74 Å². The molecule has 21 heavy (non-hydrogen) atoms. The molecule has 106 valence electrons. The van der Waals surface area contributed by atoms with Crippen molar-refractivity contribution in [2.75, 3.05) is 12.3 Å². The number of para-hydroxylation sites is 3. The molecule has 3 rings (SSSR count). The summed E-state index contributed by atoms with van der Waals surface area (Å²) in [6.45, 7) is 2.08. The van der Waals surface area contributed by atoms with E-state index >= 15 is 0 Å². The standard InChI is InChI=1S/C16H15N3O2/c1-2-21-16(20)11-6-5-9-14(15(11)17)19-10-18-12-7-3-4-8-13(12)19/h3-10H,2,17H2,1H3. The fourth-order valence-electron chi connectivity index (χ4n) is 2.30. The van der Waals surface area contributed by atoms with E-state index in [1.54, 1.807) is 25.4 Å². The van der Waals surface area contributed by atoms with Crippen LogP contribution in [0.25, 0.3) is 16.7 Å². The highest BCUT2D eigenvalue weighted by molar-refractivity contribution is 5.97. The van der Waals surface area contributed by atoms with Gasteiger partial charge in [-0.3, -0.25) is 4.57 Å². The Kier molecular flexibility index (Phi) is 3.31. The number of fused-ring (bicyclic) bond motifs is 1. The Morgan fingerprint density at radius 3 is 2.86 bits per heavy atom. The van der Waals surface area contributed by atoms with Crippen molar-refractivity contribution in [2.45, 2.75) is 6.92 Å². The number of carbonyl (C=O) groups excluding carboxylic acids is 1. The Bertz CT molecular complexity index is 808. The van der Waals surface area contributed by atoms with Crippen molar-refractivity contribution in [3.63, 3.8) is 0 Å². The number of esters is 1. The number of aromatic nitrogens is 2. The van der Waals surface area contributed by atoms with Gasteiger partial charge in [-0.1, -0.05) is 18.2 Å². The summed E-state index contributed by atoms with van der Waals surface area (Å²) >= 11 is 0. The first-order valence-electron chi connectivity index (χ1n) is 6.70. The van der Waals surface area contributed by atoms with Crippen LogP contribution in [0.1, 0.15) is 17.3 Å². The van der Waals surface area contributed by atoms with Gasteiger partial charge in [-0.25, -0.2) is 9.78 Å². The van der Waals surface area contributed by atoms with Gasteiger partial charge in [0.2, 0.25) is 0 Å². The van der Waals surface area contributed by atoms with Gasteiger partial charge >= 0.3 is 5.97 Å². The number of rotatable bonds is 3. The molecule has 0 spiro atoms. The third kappa shape index (κ3) is 2.23. The van der Waals surface area contributed by atoms with Gasteiger partial charge in [-0.2, -0.15) is 0 Å². The molecule has 5 heteroatoms.